The Bertz CT molecular complexity index is 973. The fourth-order valence-corrected chi connectivity index (χ4v) is 5.24. The van der Waals surface area contributed by atoms with Gasteiger partial charge >= 0.3 is 12.1 Å². The van der Waals surface area contributed by atoms with Crippen molar-refractivity contribution in [2.45, 2.75) is 32.1 Å². The van der Waals surface area contributed by atoms with E-state index < -0.39 is 12.1 Å². The number of carbonyl (C=O) groups excluding carboxylic acids is 3. The summed E-state index contributed by atoms with van der Waals surface area (Å²) in [7, 11) is 0. The lowest BCUT2D eigenvalue weighted by atomic mass is 9.91. The summed E-state index contributed by atoms with van der Waals surface area (Å²) in [6.07, 6.45) is 3.44. The summed E-state index contributed by atoms with van der Waals surface area (Å²) in [5.41, 5.74) is 0.912. The molecule has 3 heterocycles. The van der Waals surface area contributed by atoms with Crippen molar-refractivity contribution in [1.29, 1.82) is 0 Å². The van der Waals surface area contributed by atoms with Crippen LogP contribution in [0.25, 0.3) is 0 Å². The molecule has 2 N–H and O–H groups in total. The summed E-state index contributed by atoms with van der Waals surface area (Å²) in [6.45, 7) is 5.31. The van der Waals surface area contributed by atoms with E-state index in [9.17, 15) is 19.2 Å². The number of rotatable bonds is 6. The molecule has 0 unspecified atom stereocenters. The number of hydrogen-bond donors (Lipinski definition) is 2. The Kier molecular flexibility index (Phi) is 8.12. The maximum absolute atomic E-state index is 13.1. The standard InChI is InChI=1S/C24H32ClN5O5/c25-19-4-3-18(16-20(19)30-11-7-21(31)26-23(30)33)22(32)28-9-5-17(6-10-28)2-1-8-27-12-14-29(15-13-27)24(34)35/h3-4,16-17H,1-2,5-15H2,(H,34,35)(H,26,31,33). The molecule has 0 radical (unpaired) electrons. The van der Waals surface area contributed by atoms with Gasteiger partial charge < -0.3 is 14.9 Å². The van der Waals surface area contributed by atoms with Crippen LogP contribution in [-0.4, -0.2) is 96.1 Å². The van der Waals surface area contributed by atoms with Gasteiger partial charge in [-0.15, -0.1) is 0 Å². The predicted octanol–water partition coefficient (Wildman–Crippen LogP) is 2.71. The molecule has 3 aliphatic heterocycles. The molecule has 0 aliphatic carbocycles. The number of urea groups is 1. The molecule has 1 aromatic rings. The molecule has 0 saturated carbocycles. The van der Waals surface area contributed by atoms with Crippen LogP contribution in [0.3, 0.4) is 0 Å². The van der Waals surface area contributed by atoms with Crippen LogP contribution >= 0.6 is 11.6 Å². The van der Waals surface area contributed by atoms with E-state index in [1.807, 2.05) is 4.90 Å². The van der Waals surface area contributed by atoms with Crippen molar-refractivity contribution < 1.29 is 24.3 Å². The Balaban J connectivity index is 1.24. The molecule has 0 aromatic heterocycles. The Labute approximate surface area is 209 Å². The van der Waals surface area contributed by atoms with E-state index >= 15 is 0 Å². The monoisotopic (exact) mass is 505 g/mol. The first-order chi connectivity index (χ1) is 16.8. The SMILES string of the molecule is O=C1CCN(c2cc(C(=O)N3CCC(CCCN4CCN(C(=O)O)CC4)CC3)ccc2Cl)C(=O)N1. The summed E-state index contributed by atoms with van der Waals surface area (Å²) in [4.78, 5) is 54.9. The third-order valence-corrected chi connectivity index (χ3v) is 7.49. The smallest absolute Gasteiger partial charge is 0.407 e. The molecular formula is C24H32ClN5O5. The third-order valence-electron chi connectivity index (χ3n) is 7.17. The summed E-state index contributed by atoms with van der Waals surface area (Å²) in [5.74, 6) is 0.180. The van der Waals surface area contributed by atoms with Gasteiger partial charge in [0, 0.05) is 57.8 Å². The van der Waals surface area contributed by atoms with E-state index in [-0.39, 0.29) is 24.8 Å². The van der Waals surface area contributed by atoms with Crippen molar-refractivity contribution in [1.82, 2.24) is 20.0 Å². The Morgan fingerprint density at radius 3 is 2.37 bits per heavy atom. The minimum absolute atomic E-state index is 0.0776. The van der Waals surface area contributed by atoms with Gasteiger partial charge in [-0.25, -0.2) is 9.59 Å². The normalized spacial score (nSPS) is 20.2. The van der Waals surface area contributed by atoms with Crippen molar-refractivity contribution >= 4 is 41.2 Å². The van der Waals surface area contributed by atoms with Crippen molar-refractivity contribution in [2.75, 3.05) is 57.3 Å². The topological polar surface area (TPSA) is 114 Å². The Morgan fingerprint density at radius 1 is 1.00 bits per heavy atom. The zero-order valence-electron chi connectivity index (χ0n) is 19.7. The number of likely N-dealkylation sites (tertiary alicyclic amines) is 1. The number of imide groups is 1. The van der Waals surface area contributed by atoms with Gasteiger partial charge in [-0.2, -0.15) is 0 Å². The molecule has 3 aliphatic rings. The molecule has 3 fully saturated rings. The van der Waals surface area contributed by atoms with Crippen molar-refractivity contribution in [3.63, 3.8) is 0 Å². The van der Waals surface area contributed by atoms with Gasteiger partial charge in [-0.05, 0) is 56.3 Å². The van der Waals surface area contributed by atoms with Crippen LogP contribution < -0.4 is 10.2 Å². The minimum Gasteiger partial charge on any atom is -0.465 e. The first kappa shape index (κ1) is 25.2. The van der Waals surface area contributed by atoms with Crippen molar-refractivity contribution in [2.24, 2.45) is 5.92 Å². The fraction of sp³-hybridized carbons (Fsp3) is 0.583. The number of halogens is 1. The number of piperazine rings is 1. The summed E-state index contributed by atoms with van der Waals surface area (Å²) < 4.78 is 0. The largest absolute Gasteiger partial charge is 0.465 e. The second-order valence-electron chi connectivity index (χ2n) is 9.41. The fourth-order valence-electron chi connectivity index (χ4n) is 5.02. The Hall–Kier alpha value is -2.85. The molecule has 0 atom stereocenters. The highest BCUT2D eigenvalue weighted by molar-refractivity contribution is 6.34. The molecule has 0 spiro atoms. The maximum atomic E-state index is 13.1. The number of carbonyl (C=O) groups is 4. The minimum atomic E-state index is -0.839. The molecule has 5 amide bonds. The van der Waals surface area contributed by atoms with E-state index in [4.69, 9.17) is 16.7 Å². The summed E-state index contributed by atoms with van der Waals surface area (Å²) >= 11 is 6.30. The number of hydrogen-bond acceptors (Lipinski definition) is 5. The average molecular weight is 506 g/mol. The molecule has 11 heteroatoms. The summed E-state index contributed by atoms with van der Waals surface area (Å²) in [5, 5.41) is 11.7. The van der Waals surface area contributed by atoms with Crippen molar-refractivity contribution in [3.05, 3.63) is 28.8 Å². The number of nitrogens with zero attached hydrogens (tertiary/aromatic N) is 4. The van der Waals surface area contributed by atoms with Crippen LogP contribution in [0.2, 0.25) is 5.02 Å². The highest BCUT2D eigenvalue weighted by Crippen LogP contribution is 2.30. The average Bonchev–Trinajstić information content (AvgIpc) is 2.85. The first-order valence-corrected chi connectivity index (χ1v) is 12.6. The lowest BCUT2D eigenvalue weighted by Crippen LogP contribution is -2.49. The van der Waals surface area contributed by atoms with E-state index in [1.54, 1.807) is 18.2 Å². The molecule has 0 bridgehead atoms. The second kappa shape index (κ2) is 11.3. The molecule has 35 heavy (non-hydrogen) atoms. The van der Waals surface area contributed by atoms with Gasteiger partial charge in [0.15, 0.2) is 0 Å². The molecular weight excluding hydrogens is 474 g/mol. The molecule has 3 saturated heterocycles. The second-order valence-corrected chi connectivity index (χ2v) is 9.82. The number of anilines is 1. The lowest BCUT2D eigenvalue weighted by molar-refractivity contribution is -0.120. The van der Waals surface area contributed by atoms with Crippen LogP contribution in [0.4, 0.5) is 15.3 Å². The zero-order valence-corrected chi connectivity index (χ0v) is 20.5. The number of benzene rings is 1. The van der Waals surface area contributed by atoms with E-state index in [0.717, 1.165) is 45.3 Å². The molecule has 1 aromatic carbocycles. The van der Waals surface area contributed by atoms with Gasteiger partial charge in [0.25, 0.3) is 5.91 Å². The Morgan fingerprint density at radius 2 is 1.71 bits per heavy atom. The van der Waals surface area contributed by atoms with Crippen LogP contribution in [0.15, 0.2) is 18.2 Å². The highest BCUT2D eigenvalue weighted by Gasteiger charge is 2.28. The summed E-state index contributed by atoms with van der Waals surface area (Å²) in [6, 6.07) is 4.40. The number of amides is 5. The number of piperidine rings is 1. The van der Waals surface area contributed by atoms with Gasteiger partial charge in [0.2, 0.25) is 5.91 Å². The maximum Gasteiger partial charge on any atom is 0.407 e. The third kappa shape index (κ3) is 6.24. The number of nitrogens with one attached hydrogen (secondary N) is 1. The quantitative estimate of drug-likeness (QED) is 0.614. The van der Waals surface area contributed by atoms with Gasteiger partial charge in [-0.1, -0.05) is 11.6 Å². The van der Waals surface area contributed by atoms with Crippen molar-refractivity contribution in [3.8, 4) is 0 Å². The van der Waals surface area contributed by atoms with E-state index in [2.05, 4.69) is 10.2 Å². The first-order valence-electron chi connectivity index (χ1n) is 12.2. The van der Waals surface area contributed by atoms with E-state index in [0.29, 0.717) is 48.4 Å². The zero-order chi connectivity index (χ0) is 24.9. The molecule has 10 nitrogen and oxygen atoms in total. The van der Waals surface area contributed by atoms with E-state index in [1.165, 1.54) is 9.80 Å². The molecule has 4 rings (SSSR count). The van der Waals surface area contributed by atoms with Gasteiger partial charge in [0.05, 0.1) is 10.7 Å². The molecule has 190 valence electrons. The highest BCUT2D eigenvalue weighted by atomic mass is 35.5. The lowest BCUT2D eigenvalue weighted by Gasteiger charge is -2.34. The predicted molar refractivity (Wildman–Crippen MR) is 131 cm³/mol. The van der Waals surface area contributed by atoms with Crippen LogP contribution in [0.5, 0.6) is 0 Å². The van der Waals surface area contributed by atoms with Crippen LogP contribution in [0.1, 0.15) is 42.5 Å². The van der Waals surface area contributed by atoms with Crippen LogP contribution in [0, 0.1) is 5.92 Å². The number of carboxylic acid groups (broad SMARTS) is 1. The van der Waals surface area contributed by atoms with Crippen LogP contribution in [-0.2, 0) is 4.79 Å². The van der Waals surface area contributed by atoms with Gasteiger partial charge in [0.1, 0.15) is 0 Å². The van der Waals surface area contributed by atoms with Gasteiger partial charge in [-0.3, -0.25) is 24.7 Å².